The maximum absolute atomic E-state index is 14.6. The number of aliphatic hydroxyl groups is 1. The van der Waals surface area contributed by atoms with Crippen LogP contribution in [0.4, 0.5) is 0 Å². The highest BCUT2D eigenvalue weighted by Gasteiger charge is 2.74. The number of likely N-dealkylation sites (tertiary alicyclic amines) is 1. The fourth-order valence-electron chi connectivity index (χ4n) is 7.16. The Morgan fingerprint density at radius 1 is 1.18 bits per heavy atom. The van der Waals surface area contributed by atoms with Gasteiger partial charge in [-0.3, -0.25) is 14.4 Å². The van der Waals surface area contributed by atoms with Gasteiger partial charge in [-0.15, -0.1) is 24.9 Å². The lowest BCUT2D eigenvalue weighted by atomic mass is 9.71. The molecule has 3 rings (SSSR count). The number of fused-ring (bicyclic) bond motifs is 1. The summed E-state index contributed by atoms with van der Waals surface area (Å²) in [4.78, 5) is 45.7. The van der Waals surface area contributed by atoms with Crippen LogP contribution in [0.5, 0.6) is 0 Å². The molecule has 0 saturated carbocycles. The van der Waals surface area contributed by atoms with Gasteiger partial charge in [0.1, 0.15) is 6.04 Å². The Kier molecular flexibility index (Phi) is 9.83. The number of hydrogen-bond donors (Lipinski definition) is 1. The highest BCUT2D eigenvalue weighted by Crippen LogP contribution is 2.66. The fraction of sp³-hybridized carbons (Fsp3) is 0.767. The molecule has 5 atom stereocenters. The second kappa shape index (κ2) is 12.2. The fourth-order valence-corrected chi connectivity index (χ4v) is 9.36. The van der Waals surface area contributed by atoms with E-state index < -0.39 is 28.2 Å². The van der Waals surface area contributed by atoms with Crippen molar-refractivity contribution in [3.05, 3.63) is 25.3 Å². The molecule has 0 aliphatic carbocycles. The highest BCUT2D eigenvalue weighted by atomic mass is 32.2. The van der Waals surface area contributed by atoms with Crippen molar-refractivity contribution < 1.29 is 24.2 Å². The number of amides is 2. The number of nitrogens with zero attached hydrogens (tertiary/aromatic N) is 2. The molecular formula is C30H48N2O5S. The van der Waals surface area contributed by atoms with E-state index in [-0.39, 0.29) is 41.7 Å². The number of ether oxygens (including phenoxy) is 1. The van der Waals surface area contributed by atoms with Crippen LogP contribution in [-0.4, -0.2) is 80.6 Å². The highest BCUT2D eigenvalue weighted by molar-refractivity contribution is 8.02. The number of hydrogen-bond acceptors (Lipinski definition) is 6. The van der Waals surface area contributed by atoms with Gasteiger partial charge in [0.05, 0.1) is 23.2 Å². The summed E-state index contributed by atoms with van der Waals surface area (Å²) in [5, 5.41) is 9.24. The van der Waals surface area contributed by atoms with Crippen molar-refractivity contribution in [1.82, 2.24) is 9.80 Å². The Morgan fingerprint density at radius 3 is 2.50 bits per heavy atom. The van der Waals surface area contributed by atoms with Crippen molar-refractivity contribution in [2.24, 2.45) is 17.3 Å². The van der Waals surface area contributed by atoms with Gasteiger partial charge in [0, 0.05) is 30.5 Å². The Morgan fingerprint density at radius 2 is 1.89 bits per heavy atom. The summed E-state index contributed by atoms with van der Waals surface area (Å²) in [6.45, 7) is 19.5. The smallest absolute Gasteiger partial charge is 0.310 e. The van der Waals surface area contributed by atoms with E-state index in [1.54, 1.807) is 28.8 Å². The first-order valence-corrected chi connectivity index (χ1v) is 15.0. The van der Waals surface area contributed by atoms with Gasteiger partial charge in [0.15, 0.2) is 0 Å². The van der Waals surface area contributed by atoms with Gasteiger partial charge >= 0.3 is 5.97 Å². The number of esters is 1. The van der Waals surface area contributed by atoms with Crippen LogP contribution in [0.25, 0.3) is 0 Å². The van der Waals surface area contributed by atoms with Crippen LogP contribution in [0, 0.1) is 17.3 Å². The van der Waals surface area contributed by atoms with Crippen molar-refractivity contribution in [3.63, 3.8) is 0 Å². The number of thioether (sulfide) groups is 1. The normalized spacial score (nSPS) is 28.4. The van der Waals surface area contributed by atoms with E-state index >= 15 is 0 Å². The average Bonchev–Trinajstić information content (AvgIpc) is 3.46. The predicted octanol–water partition coefficient (Wildman–Crippen LogP) is 4.59. The largest absolute Gasteiger partial charge is 0.465 e. The van der Waals surface area contributed by atoms with Crippen molar-refractivity contribution in [3.8, 4) is 0 Å². The second-order valence-corrected chi connectivity index (χ2v) is 14.5. The zero-order chi connectivity index (χ0) is 28.3. The minimum atomic E-state index is -0.630. The van der Waals surface area contributed by atoms with E-state index in [4.69, 9.17) is 4.74 Å². The molecule has 3 saturated heterocycles. The SMILES string of the molecule is C=CCCOC(=O)[C@@H]1[C@@H]2CCC3(S2)C(C(=O)N(CC=C)C(C)(C)CC(C)(C)C)N(CCCCCO)C(=O)[C@H]13. The van der Waals surface area contributed by atoms with Crippen LogP contribution >= 0.6 is 11.8 Å². The minimum Gasteiger partial charge on any atom is -0.465 e. The zero-order valence-corrected chi connectivity index (χ0v) is 24.9. The number of unbranched alkanes of at least 4 members (excludes halogenated alkanes) is 2. The Balaban J connectivity index is 1.99. The summed E-state index contributed by atoms with van der Waals surface area (Å²) >= 11 is 1.68. The summed E-state index contributed by atoms with van der Waals surface area (Å²) in [6, 6.07) is -0.630. The maximum atomic E-state index is 14.6. The summed E-state index contributed by atoms with van der Waals surface area (Å²) in [5.41, 5.74) is -0.450. The Hall–Kier alpha value is -1.80. The van der Waals surface area contributed by atoms with E-state index in [1.165, 1.54) is 0 Å². The third kappa shape index (κ3) is 6.01. The molecule has 0 radical (unpaired) electrons. The van der Waals surface area contributed by atoms with Gasteiger partial charge < -0.3 is 19.6 Å². The standard InChI is InChI=1S/C30H48N2O5S/c1-8-10-19-37-27(36)22-21-14-15-30(38-21)23(22)25(34)31(17-12-11-13-18-33)24(30)26(35)32(16-9-2)29(6,7)20-28(3,4)5/h8-9,21-24,33H,1-2,10-20H2,3-7H3/t21-,22+,23-,24?,30?/m0/s1. The Bertz CT molecular complexity index is 913. The molecule has 3 aliphatic rings. The lowest BCUT2D eigenvalue weighted by molar-refractivity contribution is -0.154. The summed E-state index contributed by atoms with van der Waals surface area (Å²) in [7, 11) is 0. The van der Waals surface area contributed by atoms with E-state index in [2.05, 4.69) is 47.8 Å². The van der Waals surface area contributed by atoms with Crippen LogP contribution < -0.4 is 0 Å². The molecule has 2 unspecified atom stereocenters. The van der Waals surface area contributed by atoms with E-state index in [0.29, 0.717) is 32.4 Å². The molecular weight excluding hydrogens is 500 g/mol. The van der Waals surface area contributed by atoms with Crippen LogP contribution in [-0.2, 0) is 19.1 Å². The monoisotopic (exact) mass is 548 g/mol. The topological polar surface area (TPSA) is 87.2 Å². The molecule has 0 aromatic rings. The van der Waals surface area contributed by atoms with Gasteiger partial charge in [0.2, 0.25) is 11.8 Å². The molecule has 38 heavy (non-hydrogen) atoms. The van der Waals surface area contributed by atoms with Crippen molar-refractivity contribution in [2.45, 2.75) is 101 Å². The summed E-state index contributed by atoms with van der Waals surface area (Å²) in [5.74, 6) is -1.55. The van der Waals surface area contributed by atoms with E-state index in [9.17, 15) is 19.5 Å². The first kappa shape index (κ1) is 30.7. The van der Waals surface area contributed by atoms with Gasteiger partial charge in [-0.25, -0.2) is 0 Å². The minimum absolute atomic E-state index is 0.000349. The first-order valence-electron chi connectivity index (χ1n) is 14.1. The van der Waals surface area contributed by atoms with Crippen LogP contribution in [0.15, 0.2) is 25.3 Å². The molecule has 3 fully saturated rings. The molecule has 2 amide bonds. The third-order valence-electron chi connectivity index (χ3n) is 8.20. The van der Waals surface area contributed by atoms with E-state index in [0.717, 1.165) is 25.7 Å². The van der Waals surface area contributed by atoms with Crippen molar-refractivity contribution in [2.75, 3.05) is 26.3 Å². The maximum Gasteiger partial charge on any atom is 0.310 e. The molecule has 214 valence electrons. The predicted molar refractivity (Wildman–Crippen MR) is 153 cm³/mol. The summed E-state index contributed by atoms with van der Waals surface area (Å²) < 4.78 is 4.95. The zero-order valence-electron chi connectivity index (χ0n) is 24.0. The number of carbonyl (C=O) groups excluding carboxylic acids is 3. The number of carbonyl (C=O) groups is 3. The quantitative estimate of drug-likeness (QED) is 0.194. The summed E-state index contributed by atoms with van der Waals surface area (Å²) in [6.07, 6.45) is 8.50. The molecule has 3 heterocycles. The van der Waals surface area contributed by atoms with Gasteiger partial charge in [-0.2, -0.15) is 0 Å². The molecule has 0 aromatic heterocycles. The number of rotatable bonds is 14. The third-order valence-corrected chi connectivity index (χ3v) is 10.2. The molecule has 0 aromatic carbocycles. The molecule has 2 bridgehead atoms. The molecule has 7 nitrogen and oxygen atoms in total. The van der Waals surface area contributed by atoms with Crippen LogP contribution in [0.1, 0.15) is 79.6 Å². The second-order valence-electron chi connectivity index (χ2n) is 12.9. The first-order chi connectivity index (χ1) is 17.8. The molecule has 1 N–H and O–H groups in total. The number of aliphatic hydroxyl groups excluding tert-OH is 1. The molecule has 3 aliphatic heterocycles. The van der Waals surface area contributed by atoms with Gasteiger partial charge in [0.25, 0.3) is 0 Å². The lowest BCUT2D eigenvalue weighted by Crippen LogP contribution is -2.60. The van der Waals surface area contributed by atoms with E-state index in [1.807, 2.05) is 4.90 Å². The van der Waals surface area contributed by atoms with Crippen LogP contribution in [0.2, 0.25) is 0 Å². The van der Waals surface area contributed by atoms with Crippen molar-refractivity contribution >= 4 is 29.5 Å². The van der Waals surface area contributed by atoms with Crippen LogP contribution in [0.3, 0.4) is 0 Å². The Labute approximate surface area is 233 Å². The molecule has 8 heteroatoms. The lowest BCUT2D eigenvalue weighted by Gasteiger charge is -2.46. The average molecular weight is 549 g/mol. The van der Waals surface area contributed by atoms with Crippen molar-refractivity contribution in [1.29, 1.82) is 0 Å². The molecule has 1 spiro atoms. The van der Waals surface area contributed by atoms with Gasteiger partial charge in [-0.05, 0) is 64.2 Å². The van der Waals surface area contributed by atoms with Gasteiger partial charge in [-0.1, -0.05) is 32.9 Å².